The molecule has 0 saturated heterocycles. The summed E-state index contributed by atoms with van der Waals surface area (Å²) in [4.78, 5) is 0. The van der Waals surface area contributed by atoms with Crippen LogP contribution in [0.3, 0.4) is 0 Å². The van der Waals surface area contributed by atoms with Crippen molar-refractivity contribution in [2.75, 3.05) is 13.2 Å². The molecule has 0 unspecified atom stereocenters. The number of hydrogen-bond acceptors (Lipinski definition) is 8. The zero-order valence-electron chi connectivity index (χ0n) is 8.30. The van der Waals surface area contributed by atoms with E-state index in [-0.39, 0.29) is 0 Å². The summed E-state index contributed by atoms with van der Waals surface area (Å²) in [5, 5.41) is 74.9. The van der Waals surface area contributed by atoms with E-state index in [0.717, 1.165) is 0 Å². The lowest BCUT2D eigenvalue weighted by Gasteiger charge is -2.53. The molecule has 0 aromatic heterocycles. The van der Waals surface area contributed by atoms with Crippen molar-refractivity contribution in [2.24, 2.45) is 0 Å². The number of hydrogen-bond donors (Lipinski definition) is 8. The third-order valence-corrected chi connectivity index (χ3v) is 3.21. The number of aliphatic hydroxyl groups is 8. The molecule has 8 nitrogen and oxygen atoms in total. The van der Waals surface area contributed by atoms with Crippen molar-refractivity contribution in [3.05, 3.63) is 0 Å². The normalized spacial score (nSPS) is 54.0. The second kappa shape index (κ2) is 4.17. The monoisotopic (exact) mass is 240 g/mol. The van der Waals surface area contributed by atoms with Gasteiger partial charge in [-0.2, -0.15) is 0 Å². The highest BCUT2D eigenvalue weighted by Gasteiger charge is 2.66. The summed E-state index contributed by atoms with van der Waals surface area (Å²) in [7, 11) is 0. The maximum absolute atomic E-state index is 9.79. The topological polar surface area (TPSA) is 162 Å². The van der Waals surface area contributed by atoms with Crippen LogP contribution in [0.4, 0.5) is 0 Å². The van der Waals surface area contributed by atoms with E-state index < -0.39 is 48.8 Å². The summed E-state index contributed by atoms with van der Waals surface area (Å²) in [5.74, 6) is 0. The van der Waals surface area contributed by atoms with E-state index in [1.807, 2.05) is 0 Å². The van der Waals surface area contributed by atoms with Crippen molar-refractivity contribution >= 4 is 0 Å². The van der Waals surface area contributed by atoms with Crippen LogP contribution in [0.2, 0.25) is 0 Å². The molecule has 0 heterocycles. The Morgan fingerprint density at radius 2 is 0.938 bits per heavy atom. The number of rotatable bonds is 2. The first-order valence-electron chi connectivity index (χ1n) is 4.65. The molecule has 6 atom stereocenters. The molecular formula is C8H16O8. The first kappa shape index (κ1) is 13.7. The van der Waals surface area contributed by atoms with Gasteiger partial charge in [0.1, 0.15) is 35.6 Å². The van der Waals surface area contributed by atoms with Gasteiger partial charge in [-0.25, -0.2) is 0 Å². The van der Waals surface area contributed by atoms with Crippen LogP contribution >= 0.6 is 0 Å². The Bertz CT molecular complexity index is 234. The lowest BCUT2D eigenvalue weighted by molar-refractivity contribution is -0.327. The van der Waals surface area contributed by atoms with Crippen LogP contribution in [-0.4, -0.2) is 89.7 Å². The van der Waals surface area contributed by atoms with Gasteiger partial charge in [-0.3, -0.25) is 0 Å². The minimum Gasteiger partial charge on any atom is -0.393 e. The molecule has 1 aliphatic rings. The standard InChI is InChI=1S/C8H16O8/c9-1-7(15)5(13)3(11)4(12)6(14)8(7,16)2-10/h3-6,9-16H,1-2H2/t3-,4-,5-,6+,7+,8-/m1/s1. The first-order chi connectivity index (χ1) is 7.26. The predicted octanol–water partition coefficient (Wildman–Crippen LogP) is -5.11. The van der Waals surface area contributed by atoms with Gasteiger partial charge >= 0.3 is 0 Å². The summed E-state index contributed by atoms with van der Waals surface area (Å²) in [6.45, 7) is -2.43. The summed E-state index contributed by atoms with van der Waals surface area (Å²) in [6, 6.07) is 0. The maximum Gasteiger partial charge on any atom is 0.149 e. The Morgan fingerprint density at radius 1 is 0.688 bits per heavy atom. The van der Waals surface area contributed by atoms with Crippen molar-refractivity contribution in [3.8, 4) is 0 Å². The molecule has 8 heteroatoms. The Kier molecular flexibility index (Phi) is 3.58. The lowest BCUT2D eigenvalue weighted by atomic mass is 9.66. The van der Waals surface area contributed by atoms with Crippen LogP contribution in [0.15, 0.2) is 0 Å². The molecule has 1 saturated carbocycles. The molecule has 96 valence electrons. The Morgan fingerprint density at radius 3 is 1.12 bits per heavy atom. The predicted molar refractivity (Wildman–Crippen MR) is 48.1 cm³/mol. The minimum absolute atomic E-state index is 1.22. The van der Waals surface area contributed by atoms with Gasteiger partial charge in [0.15, 0.2) is 0 Å². The molecule has 1 aliphatic carbocycles. The highest BCUT2D eigenvalue weighted by Crippen LogP contribution is 2.37. The van der Waals surface area contributed by atoms with Crippen molar-refractivity contribution in [3.63, 3.8) is 0 Å². The molecule has 1 rings (SSSR count). The van der Waals surface area contributed by atoms with Gasteiger partial charge in [0.05, 0.1) is 13.2 Å². The van der Waals surface area contributed by atoms with Gasteiger partial charge in [-0.1, -0.05) is 0 Å². The lowest BCUT2D eigenvalue weighted by Crippen LogP contribution is -2.80. The van der Waals surface area contributed by atoms with Crippen LogP contribution in [0.5, 0.6) is 0 Å². The minimum atomic E-state index is -2.74. The smallest absolute Gasteiger partial charge is 0.149 e. The molecule has 0 aromatic rings. The molecule has 8 N–H and O–H groups in total. The Labute approximate surface area is 90.6 Å². The first-order valence-corrected chi connectivity index (χ1v) is 4.65. The molecule has 0 amide bonds. The van der Waals surface area contributed by atoms with Gasteiger partial charge in [0, 0.05) is 0 Å². The van der Waals surface area contributed by atoms with E-state index in [2.05, 4.69) is 0 Å². The van der Waals surface area contributed by atoms with Gasteiger partial charge in [-0.05, 0) is 0 Å². The van der Waals surface area contributed by atoms with Gasteiger partial charge < -0.3 is 40.9 Å². The van der Waals surface area contributed by atoms with Gasteiger partial charge in [0.2, 0.25) is 0 Å². The van der Waals surface area contributed by atoms with Crippen LogP contribution in [0, 0.1) is 0 Å². The Hall–Kier alpha value is -0.320. The van der Waals surface area contributed by atoms with Gasteiger partial charge in [-0.15, -0.1) is 0 Å². The van der Waals surface area contributed by atoms with Crippen LogP contribution in [-0.2, 0) is 0 Å². The van der Waals surface area contributed by atoms with E-state index in [0.29, 0.717) is 0 Å². The number of aliphatic hydroxyl groups excluding tert-OH is 6. The van der Waals surface area contributed by atoms with E-state index in [9.17, 15) is 30.6 Å². The quantitative estimate of drug-likeness (QED) is 0.238. The highest BCUT2D eigenvalue weighted by molar-refractivity contribution is 5.16. The van der Waals surface area contributed by atoms with E-state index in [1.54, 1.807) is 0 Å². The zero-order valence-corrected chi connectivity index (χ0v) is 8.30. The zero-order chi connectivity index (χ0) is 12.7. The molecule has 0 aliphatic heterocycles. The maximum atomic E-state index is 9.79. The summed E-state index contributed by atoms with van der Waals surface area (Å²) in [5.41, 5.74) is -5.47. The molecule has 16 heavy (non-hydrogen) atoms. The van der Waals surface area contributed by atoms with Crippen molar-refractivity contribution in [1.29, 1.82) is 0 Å². The summed E-state index contributed by atoms with van der Waals surface area (Å²) < 4.78 is 0. The average Bonchev–Trinajstić information content (AvgIpc) is 2.31. The largest absolute Gasteiger partial charge is 0.393 e. The third kappa shape index (κ3) is 1.47. The molecular weight excluding hydrogens is 224 g/mol. The van der Waals surface area contributed by atoms with Crippen molar-refractivity contribution < 1.29 is 40.9 Å². The van der Waals surface area contributed by atoms with E-state index in [4.69, 9.17) is 10.2 Å². The fourth-order valence-corrected chi connectivity index (χ4v) is 1.91. The third-order valence-electron chi connectivity index (χ3n) is 3.21. The highest BCUT2D eigenvalue weighted by atomic mass is 16.5. The second-order valence-electron chi connectivity index (χ2n) is 4.04. The van der Waals surface area contributed by atoms with Crippen LogP contribution < -0.4 is 0 Å². The second-order valence-corrected chi connectivity index (χ2v) is 4.04. The fourth-order valence-electron chi connectivity index (χ4n) is 1.91. The SMILES string of the molecule is OC[C@@]1(O)[C@@H](O)[C@H](O)[C@@H](O)[C@@H](O)[C@@]1(O)CO. The molecule has 0 spiro atoms. The molecule has 0 radical (unpaired) electrons. The summed E-state index contributed by atoms with van der Waals surface area (Å²) >= 11 is 0. The van der Waals surface area contributed by atoms with Crippen LogP contribution in [0.1, 0.15) is 0 Å². The molecule has 0 aromatic carbocycles. The van der Waals surface area contributed by atoms with Crippen molar-refractivity contribution in [1.82, 2.24) is 0 Å². The average molecular weight is 240 g/mol. The Balaban J connectivity index is 3.22. The van der Waals surface area contributed by atoms with E-state index in [1.165, 1.54) is 0 Å². The molecule has 1 fully saturated rings. The fraction of sp³-hybridized carbons (Fsp3) is 1.00. The molecule has 0 bridgehead atoms. The van der Waals surface area contributed by atoms with Gasteiger partial charge in [0.25, 0.3) is 0 Å². The van der Waals surface area contributed by atoms with E-state index >= 15 is 0 Å². The van der Waals surface area contributed by atoms with Crippen molar-refractivity contribution in [2.45, 2.75) is 35.6 Å². The summed E-state index contributed by atoms with van der Waals surface area (Å²) in [6.07, 6.45) is -8.15. The van der Waals surface area contributed by atoms with Crippen LogP contribution in [0.25, 0.3) is 0 Å².